The molecule has 1 N–H and O–H groups in total. The first-order chi connectivity index (χ1) is 14.6. The monoisotopic (exact) mass is 406 g/mol. The average Bonchev–Trinajstić information content (AvgIpc) is 2.74. The molecule has 3 rings (SSSR count). The number of pyridine rings is 1. The van der Waals surface area contributed by atoms with Crippen molar-refractivity contribution in [1.82, 2.24) is 4.98 Å². The number of esters is 1. The number of fused-ring (bicyclic) bond motifs is 1. The topological polar surface area (TPSA) is 60.5 Å². The third kappa shape index (κ3) is 5.72. The van der Waals surface area contributed by atoms with Gasteiger partial charge in [0.15, 0.2) is 0 Å². The molecule has 5 heteroatoms. The van der Waals surface area contributed by atoms with Crippen LogP contribution in [0.25, 0.3) is 10.9 Å². The van der Waals surface area contributed by atoms with Gasteiger partial charge in [0, 0.05) is 22.5 Å². The van der Waals surface area contributed by atoms with Crippen LogP contribution in [0.2, 0.25) is 0 Å². The summed E-state index contributed by atoms with van der Waals surface area (Å²) >= 11 is 0. The van der Waals surface area contributed by atoms with Gasteiger partial charge in [-0.05, 0) is 68.8 Å². The van der Waals surface area contributed by atoms with Crippen LogP contribution in [0.1, 0.15) is 55.6 Å². The third-order valence-corrected chi connectivity index (χ3v) is 4.85. The highest BCUT2D eigenvalue weighted by atomic mass is 16.5. The molecule has 5 nitrogen and oxygen atoms in total. The number of aromatic nitrogens is 1. The smallest absolute Gasteiger partial charge is 0.338 e. The number of aryl methyl sites for hydroxylation is 1. The minimum absolute atomic E-state index is 0.327. The quantitative estimate of drug-likeness (QED) is 0.311. The van der Waals surface area contributed by atoms with Gasteiger partial charge in [-0.15, -0.1) is 0 Å². The molecule has 0 radical (unpaired) electrons. The van der Waals surface area contributed by atoms with E-state index in [1.807, 2.05) is 49.4 Å². The van der Waals surface area contributed by atoms with Crippen molar-refractivity contribution < 1.29 is 14.3 Å². The van der Waals surface area contributed by atoms with Crippen LogP contribution in [0.4, 0.5) is 11.4 Å². The molecule has 1 aromatic heterocycles. The van der Waals surface area contributed by atoms with E-state index in [4.69, 9.17) is 9.47 Å². The summed E-state index contributed by atoms with van der Waals surface area (Å²) in [6.45, 7) is 7.06. The first-order valence-corrected chi connectivity index (χ1v) is 10.7. The molecule has 158 valence electrons. The molecular weight excluding hydrogens is 376 g/mol. The van der Waals surface area contributed by atoms with Crippen LogP contribution in [0.5, 0.6) is 5.75 Å². The fourth-order valence-electron chi connectivity index (χ4n) is 3.31. The molecule has 0 saturated carbocycles. The maximum absolute atomic E-state index is 12.1. The Morgan fingerprint density at radius 1 is 1.00 bits per heavy atom. The lowest BCUT2D eigenvalue weighted by atomic mass is 10.1. The number of ether oxygens (including phenoxy) is 2. The SMILES string of the molecule is CCCCCCOc1ccc(Nc2cc(C)nc3ccc(C(=O)OCC)cc23)cc1. The number of hydrogen-bond acceptors (Lipinski definition) is 5. The molecule has 0 aliphatic heterocycles. The van der Waals surface area contributed by atoms with Crippen LogP contribution in [-0.2, 0) is 4.74 Å². The lowest BCUT2D eigenvalue weighted by Gasteiger charge is -2.13. The van der Waals surface area contributed by atoms with Gasteiger partial charge in [-0.1, -0.05) is 26.2 Å². The molecule has 3 aromatic rings. The van der Waals surface area contributed by atoms with Gasteiger partial charge in [-0.2, -0.15) is 0 Å². The van der Waals surface area contributed by atoms with Crippen LogP contribution >= 0.6 is 0 Å². The third-order valence-electron chi connectivity index (χ3n) is 4.85. The van der Waals surface area contributed by atoms with Crippen LogP contribution in [0.3, 0.4) is 0 Å². The predicted molar refractivity (Wildman–Crippen MR) is 122 cm³/mol. The second-order valence-corrected chi connectivity index (χ2v) is 7.32. The fraction of sp³-hybridized carbons (Fsp3) is 0.360. The summed E-state index contributed by atoms with van der Waals surface area (Å²) in [5, 5.41) is 4.33. The molecule has 0 unspecified atom stereocenters. The molecule has 0 bridgehead atoms. The van der Waals surface area contributed by atoms with Crippen molar-refractivity contribution in [2.75, 3.05) is 18.5 Å². The highest BCUT2D eigenvalue weighted by molar-refractivity contribution is 5.99. The van der Waals surface area contributed by atoms with Crippen molar-refractivity contribution >= 4 is 28.2 Å². The Hall–Kier alpha value is -3.08. The minimum Gasteiger partial charge on any atom is -0.494 e. The number of benzene rings is 2. The zero-order valence-electron chi connectivity index (χ0n) is 18.0. The molecule has 0 aliphatic rings. The van der Waals surface area contributed by atoms with Crippen LogP contribution in [0.15, 0.2) is 48.5 Å². The summed E-state index contributed by atoms with van der Waals surface area (Å²) in [5.41, 5.74) is 4.10. The largest absolute Gasteiger partial charge is 0.494 e. The van der Waals surface area contributed by atoms with Gasteiger partial charge >= 0.3 is 5.97 Å². The number of carbonyl (C=O) groups excluding carboxylic acids is 1. The summed E-state index contributed by atoms with van der Waals surface area (Å²) < 4.78 is 11.0. The van der Waals surface area contributed by atoms with E-state index in [9.17, 15) is 4.79 Å². The molecule has 0 spiro atoms. The molecule has 0 amide bonds. The zero-order valence-corrected chi connectivity index (χ0v) is 18.0. The van der Waals surface area contributed by atoms with E-state index in [0.29, 0.717) is 12.2 Å². The Kier molecular flexibility index (Phi) is 7.66. The molecule has 0 aliphatic carbocycles. The number of nitrogens with zero attached hydrogens (tertiary/aromatic N) is 1. The summed E-state index contributed by atoms with van der Waals surface area (Å²) in [6, 6.07) is 15.4. The number of unbranched alkanes of at least 4 members (excludes halogenated alkanes) is 3. The van der Waals surface area contributed by atoms with E-state index in [2.05, 4.69) is 17.2 Å². The van der Waals surface area contributed by atoms with Crippen molar-refractivity contribution in [3.05, 3.63) is 59.8 Å². The normalized spacial score (nSPS) is 10.8. The zero-order chi connectivity index (χ0) is 21.3. The molecular formula is C25H30N2O3. The Labute approximate surface area is 178 Å². The molecule has 0 saturated heterocycles. The summed E-state index contributed by atoms with van der Waals surface area (Å²) in [7, 11) is 0. The van der Waals surface area contributed by atoms with Crippen molar-refractivity contribution in [2.45, 2.75) is 46.5 Å². The standard InChI is InChI=1S/C25H30N2O3/c1-4-6-7-8-15-30-21-12-10-20(11-13-21)27-24-16-18(3)26-23-14-9-19(17-22(23)24)25(28)29-5-2/h9-14,16-17H,4-8,15H2,1-3H3,(H,26,27). The molecule has 1 heterocycles. The number of anilines is 2. The van der Waals surface area contributed by atoms with Gasteiger partial charge < -0.3 is 14.8 Å². The van der Waals surface area contributed by atoms with Crippen molar-refractivity contribution in [1.29, 1.82) is 0 Å². The Bertz CT molecular complexity index is 984. The predicted octanol–water partition coefficient (Wildman–Crippen LogP) is 6.42. The van der Waals surface area contributed by atoms with E-state index >= 15 is 0 Å². The second kappa shape index (κ2) is 10.6. The van der Waals surface area contributed by atoms with Crippen molar-refractivity contribution in [2.24, 2.45) is 0 Å². The number of rotatable bonds is 10. The Morgan fingerprint density at radius 3 is 2.53 bits per heavy atom. The summed E-state index contributed by atoms with van der Waals surface area (Å²) in [6.07, 6.45) is 4.77. The lowest BCUT2D eigenvalue weighted by molar-refractivity contribution is 0.0526. The molecule has 2 aromatic carbocycles. The van der Waals surface area contributed by atoms with E-state index in [0.717, 1.165) is 46.7 Å². The lowest BCUT2D eigenvalue weighted by Crippen LogP contribution is -2.05. The average molecular weight is 407 g/mol. The summed E-state index contributed by atoms with van der Waals surface area (Å²) in [4.78, 5) is 16.7. The van der Waals surface area contributed by atoms with Crippen molar-refractivity contribution in [3.63, 3.8) is 0 Å². The van der Waals surface area contributed by atoms with Crippen molar-refractivity contribution in [3.8, 4) is 5.75 Å². The van der Waals surface area contributed by atoms with Crippen LogP contribution in [0, 0.1) is 6.92 Å². The van der Waals surface area contributed by atoms with E-state index in [1.54, 1.807) is 13.0 Å². The van der Waals surface area contributed by atoms with Crippen LogP contribution < -0.4 is 10.1 Å². The molecule has 30 heavy (non-hydrogen) atoms. The van der Waals surface area contributed by atoms with E-state index in [1.165, 1.54) is 19.3 Å². The first-order valence-electron chi connectivity index (χ1n) is 10.7. The number of hydrogen-bond donors (Lipinski definition) is 1. The first kappa shape index (κ1) is 21.6. The molecule has 0 atom stereocenters. The maximum Gasteiger partial charge on any atom is 0.338 e. The van der Waals surface area contributed by atoms with E-state index in [-0.39, 0.29) is 5.97 Å². The minimum atomic E-state index is -0.327. The van der Waals surface area contributed by atoms with E-state index < -0.39 is 0 Å². The highest BCUT2D eigenvalue weighted by Crippen LogP contribution is 2.28. The van der Waals surface area contributed by atoms with Gasteiger partial charge in [-0.25, -0.2) is 4.79 Å². The van der Waals surface area contributed by atoms with Crippen LogP contribution in [-0.4, -0.2) is 24.2 Å². The van der Waals surface area contributed by atoms with Gasteiger partial charge in [0.1, 0.15) is 5.75 Å². The molecule has 0 fully saturated rings. The highest BCUT2D eigenvalue weighted by Gasteiger charge is 2.11. The summed E-state index contributed by atoms with van der Waals surface area (Å²) in [5.74, 6) is 0.545. The maximum atomic E-state index is 12.1. The number of nitrogens with one attached hydrogen (secondary N) is 1. The van der Waals surface area contributed by atoms with Gasteiger partial charge in [0.25, 0.3) is 0 Å². The van der Waals surface area contributed by atoms with Gasteiger partial charge in [0.05, 0.1) is 24.3 Å². The van der Waals surface area contributed by atoms with Gasteiger partial charge in [0.2, 0.25) is 0 Å². The fourth-order valence-corrected chi connectivity index (χ4v) is 3.31. The number of carbonyl (C=O) groups is 1. The second-order valence-electron chi connectivity index (χ2n) is 7.32. The van der Waals surface area contributed by atoms with Gasteiger partial charge in [-0.3, -0.25) is 4.98 Å². The Balaban J connectivity index is 1.75. The Morgan fingerprint density at radius 2 is 1.80 bits per heavy atom.